The van der Waals surface area contributed by atoms with Gasteiger partial charge >= 0.3 is 0 Å². The summed E-state index contributed by atoms with van der Waals surface area (Å²) in [6.07, 6.45) is 1.21. The van der Waals surface area contributed by atoms with Crippen LogP contribution in [0.3, 0.4) is 0 Å². The number of carbonyl (C=O) groups excluding carboxylic acids is 1. The van der Waals surface area contributed by atoms with Crippen molar-refractivity contribution in [2.24, 2.45) is 0 Å². The van der Waals surface area contributed by atoms with E-state index in [4.69, 9.17) is 0 Å². The molecule has 0 N–H and O–H groups in total. The minimum atomic E-state index is -3.15. The third kappa shape index (κ3) is 3.35. The quantitative estimate of drug-likeness (QED) is 0.859. The van der Waals surface area contributed by atoms with Gasteiger partial charge in [-0.25, -0.2) is 8.42 Å². The Hall–Kier alpha value is -1.36. The second-order valence-electron chi connectivity index (χ2n) is 6.53. The van der Waals surface area contributed by atoms with Crippen LogP contribution in [0.25, 0.3) is 0 Å². The lowest BCUT2D eigenvalue weighted by molar-refractivity contribution is -0.132. The monoisotopic (exact) mass is 323 g/mol. The van der Waals surface area contributed by atoms with Crippen LogP contribution in [0.2, 0.25) is 0 Å². The van der Waals surface area contributed by atoms with Gasteiger partial charge in [-0.05, 0) is 32.3 Å². The highest BCUT2D eigenvalue weighted by Crippen LogP contribution is 2.28. The van der Waals surface area contributed by atoms with Crippen LogP contribution in [-0.2, 0) is 14.6 Å². The first kappa shape index (κ1) is 17.0. The number of hydrogen-bond donors (Lipinski definition) is 0. The molecule has 4 nitrogen and oxygen atoms in total. The highest BCUT2D eigenvalue weighted by molar-refractivity contribution is 7.92. The molecule has 1 fully saturated rings. The van der Waals surface area contributed by atoms with E-state index in [-0.39, 0.29) is 17.6 Å². The molecule has 0 radical (unpaired) electrons. The van der Waals surface area contributed by atoms with Gasteiger partial charge in [-0.15, -0.1) is 0 Å². The van der Waals surface area contributed by atoms with E-state index in [0.29, 0.717) is 19.5 Å². The first-order valence-electron chi connectivity index (χ1n) is 7.84. The Morgan fingerprint density at radius 1 is 1.23 bits per heavy atom. The molecule has 0 aliphatic carbocycles. The largest absolute Gasteiger partial charge is 0.341 e. The van der Waals surface area contributed by atoms with E-state index in [0.717, 1.165) is 12.0 Å². The number of sulfone groups is 1. The van der Waals surface area contributed by atoms with Gasteiger partial charge in [-0.1, -0.05) is 37.3 Å². The van der Waals surface area contributed by atoms with Crippen LogP contribution in [-0.4, -0.2) is 42.8 Å². The van der Waals surface area contributed by atoms with E-state index >= 15 is 0 Å². The van der Waals surface area contributed by atoms with Crippen molar-refractivity contribution in [1.29, 1.82) is 0 Å². The van der Waals surface area contributed by atoms with Gasteiger partial charge in [0.1, 0.15) is 0 Å². The van der Waals surface area contributed by atoms with Crippen molar-refractivity contribution < 1.29 is 13.2 Å². The van der Waals surface area contributed by atoms with Gasteiger partial charge in [-0.3, -0.25) is 4.79 Å². The lowest BCUT2D eigenvalue weighted by Crippen LogP contribution is -2.37. The summed E-state index contributed by atoms with van der Waals surface area (Å²) < 4.78 is 23.8. The molecular formula is C17H25NO3S. The van der Waals surface area contributed by atoms with E-state index in [9.17, 15) is 13.2 Å². The standard InChI is InChI=1S/C17H25NO3S/c1-4-15(14-8-6-5-7-9-14)16(19)18-11-10-17(2,3)22(20,21)13-12-18/h5-9,15H,4,10-13H2,1-3H3/t15-/m1/s1. The number of amides is 1. The summed E-state index contributed by atoms with van der Waals surface area (Å²) in [4.78, 5) is 14.6. The van der Waals surface area contributed by atoms with Crippen LogP contribution in [0.4, 0.5) is 0 Å². The molecule has 122 valence electrons. The fourth-order valence-corrected chi connectivity index (χ4v) is 4.27. The van der Waals surface area contributed by atoms with E-state index in [1.165, 1.54) is 0 Å². The van der Waals surface area contributed by atoms with E-state index in [1.54, 1.807) is 18.7 Å². The lowest BCUT2D eigenvalue weighted by atomic mass is 9.94. The smallest absolute Gasteiger partial charge is 0.230 e. The van der Waals surface area contributed by atoms with Gasteiger partial charge in [0.05, 0.1) is 16.4 Å². The van der Waals surface area contributed by atoms with Gasteiger partial charge in [0.25, 0.3) is 0 Å². The maximum absolute atomic E-state index is 12.8. The topological polar surface area (TPSA) is 54.5 Å². The molecule has 5 heteroatoms. The zero-order chi connectivity index (χ0) is 16.4. The summed E-state index contributed by atoms with van der Waals surface area (Å²) in [7, 11) is -3.15. The molecule has 0 spiro atoms. The maximum Gasteiger partial charge on any atom is 0.230 e. The SMILES string of the molecule is CC[C@@H](C(=O)N1CCC(C)(C)S(=O)(=O)CC1)c1ccccc1. The predicted molar refractivity (Wildman–Crippen MR) is 88.5 cm³/mol. The van der Waals surface area contributed by atoms with Crippen LogP contribution in [0.1, 0.15) is 45.1 Å². The third-order valence-electron chi connectivity index (χ3n) is 4.68. The molecule has 1 aromatic carbocycles. The molecule has 1 aromatic rings. The maximum atomic E-state index is 12.8. The number of hydrogen-bond acceptors (Lipinski definition) is 3. The second kappa shape index (κ2) is 6.41. The average molecular weight is 323 g/mol. The van der Waals surface area contributed by atoms with Crippen LogP contribution in [0.5, 0.6) is 0 Å². The lowest BCUT2D eigenvalue weighted by Gasteiger charge is -2.26. The highest BCUT2D eigenvalue weighted by Gasteiger charge is 2.38. The summed E-state index contributed by atoms with van der Waals surface area (Å²) in [5.74, 6) is -0.0940. The predicted octanol–water partition coefficient (Wildman–Crippen LogP) is 2.61. The summed E-state index contributed by atoms with van der Waals surface area (Å²) in [5.41, 5.74) is 1.00. The molecule has 0 unspecified atom stereocenters. The molecular weight excluding hydrogens is 298 g/mol. The summed E-state index contributed by atoms with van der Waals surface area (Å²) >= 11 is 0. The molecule has 0 bridgehead atoms. The second-order valence-corrected chi connectivity index (χ2v) is 9.27. The fourth-order valence-electron chi connectivity index (χ4n) is 2.86. The number of carbonyl (C=O) groups is 1. The first-order chi connectivity index (χ1) is 10.3. The minimum absolute atomic E-state index is 0.0431. The van der Waals surface area contributed by atoms with Crippen molar-refractivity contribution in [1.82, 2.24) is 4.90 Å². The molecule has 1 aliphatic heterocycles. The van der Waals surface area contributed by atoms with Crippen molar-refractivity contribution in [2.75, 3.05) is 18.8 Å². The van der Waals surface area contributed by atoms with Crippen LogP contribution < -0.4 is 0 Å². The number of rotatable bonds is 3. The third-order valence-corrected chi connectivity index (χ3v) is 7.28. The van der Waals surface area contributed by atoms with Gasteiger partial charge in [0.2, 0.25) is 5.91 Å². The van der Waals surface area contributed by atoms with E-state index in [1.807, 2.05) is 37.3 Å². The van der Waals surface area contributed by atoms with Crippen molar-refractivity contribution >= 4 is 15.7 Å². The Bertz CT molecular complexity index is 623. The van der Waals surface area contributed by atoms with Crippen LogP contribution in [0.15, 0.2) is 30.3 Å². The summed E-state index contributed by atoms with van der Waals surface area (Å²) in [6, 6.07) is 9.72. The van der Waals surface area contributed by atoms with Gasteiger partial charge in [0.15, 0.2) is 9.84 Å². The van der Waals surface area contributed by atoms with Gasteiger partial charge in [0, 0.05) is 13.1 Å². The number of benzene rings is 1. The zero-order valence-electron chi connectivity index (χ0n) is 13.6. The first-order valence-corrected chi connectivity index (χ1v) is 9.50. The van der Waals surface area contributed by atoms with Crippen LogP contribution in [0, 0.1) is 0 Å². The Kier molecular flexibility index (Phi) is 4.95. The van der Waals surface area contributed by atoms with E-state index < -0.39 is 14.6 Å². The van der Waals surface area contributed by atoms with Crippen molar-refractivity contribution in [3.8, 4) is 0 Å². The zero-order valence-corrected chi connectivity index (χ0v) is 14.4. The molecule has 22 heavy (non-hydrogen) atoms. The van der Waals surface area contributed by atoms with Gasteiger partial charge in [-0.2, -0.15) is 0 Å². The number of nitrogens with zero attached hydrogens (tertiary/aromatic N) is 1. The van der Waals surface area contributed by atoms with Gasteiger partial charge < -0.3 is 4.90 Å². The Morgan fingerprint density at radius 2 is 1.86 bits per heavy atom. The average Bonchev–Trinajstić information content (AvgIpc) is 2.58. The minimum Gasteiger partial charge on any atom is -0.341 e. The van der Waals surface area contributed by atoms with E-state index in [2.05, 4.69) is 0 Å². The molecule has 1 aliphatic rings. The summed E-state index contributed by atoms with van der Waals surface area (Å²) in [5, 5.41) is 0. The fraction of sp³-hybridized carbons (Fsp3) is 0.588. The molecule has 1 atom stereocenters. The molecule has 1 saturated heterocycles. The van der Waals surface area contributed by atoms with Crippen molar-refractivity contribution in [2.45, 2.75) is 44.3 Å². The summed E-state index contributed by atoms with van der Waals surface area (Å²) in [6.45, 7) is 6.31. The molecule has 0 aromatic heterocycles. The Balaban J connectivity index is 2.19. The van der Waals surface area contributed by atoms with Crippen molar-refractivity contribution in [3.05, 3.63) is 35.9 Å². The Labute approximate surface area is 133 Å². The Morgan fingerprint density at radius 3 is 2.45 bits per heavy atom. The highest BCUT2D eigenvalue weighted by atomic mass is 32.2. The van der Waals surface area contributed by atoms with Crippen LogP contribution >= 0.6 is 0 Å². The molecule has 2 rings (SSSR count). The van der Waals surface area contributed by atoms with Crippen molar-refractivity contribution in [3.63, 3.8) is 0 Å². The molecule has 1 heterocycles. The molecule has 0 saturated carbocycles. The normalized spacial score (nSPS) is 21.9. The molecule has 1 amide bonds.